The maximum absolute atomic E-state index is 11.1. The second-order valence-corrected chi connectivity index (χ2v) is 3.07. The third-order valence-electron chi connectivity index (χ3n) is 1.76. The van der Waals surface area contributed by atoms with Gasteiger partial charge in [-0.2, -0.15) is 0 Å². The van der Waals surface area contributed by atoms with Crippen LogP contribution in [0.15, 0.2) is 11.6 Å². The molecule has 0 aromatic rings. The summed E-state index contributed by atoms with van der Waals surface area (Å²) in [7, 11) is 0. The lowest BCUT2D eigenvalue weighted by molar-refractivity contribution is -0.119. The van der Waals surface area contributed by atoms with E-state index >= 15 is 0 Å². The average molecular weight is 193 g/mol. The maximum Gasteiger partial charge on any atom is 0.181 e. The van der Waals surface area contributed by atoms with Crippen molar-refractivity contribution in [2.75, 3.05) is 6.61 Å². The second kappa shape index (κ2) is 3.53. The summed E-state index contributed by atoms with van der Waals surface area (Å²) in [6.07, 6.45) is -1.34. The van der Waals surface area contributed by atoms with Crippen LogP contribution in [0.3, 0.4) is 0 Å². The van der Waals surface area contributed by atoms with Crippen molar-refractivity contribution in [3.63, 3.8) is 0 Å². The predicted molar refractivity (Wildman–Crippen MR) is 41.8 cm³/mol. The summed E-state index contributed by atoms with van der Waals surface area (Å²) < 4.78 is 0. The minimum absolute atomic E-state index is 0.0489. The van der Waals surface area contributed by atoms with Gasteiger partial charge in [0, 0.05) is 5.57 Å². The average Bonchev–Trinajstić information content (AvgIpc) is 2.08. The van der Waals surface area contributed by atoms with E-state index in [9.17, 15) is 4.79 Å². The molecule has 0 amide bonds. The molecular weight excluding hydrogens is 184 g/mol. The molecule has 1 aliphatic carbocycles. The Morgan fingerprint density at radius 1 is 1.50 bits per heavy atom. The molecule has 0 aromatic carbocycles. The van der Waals surface area contributed by atoms with Crippen LogP contribution in [-0.4, -0.2) is 45.3 Å². The molecule has 0 aromatic heterocycles. The Hall–Kier alpha value is -0.420. The summed E-state index contributed by atoms with van der Waals surface area (Å²) in [5.41, 5.74) is 0.0489. The Morgan fingerprint density at radius 2 is 2.08 bits per heavy atom. The molecule has 3 atom stereocenters. The molecule has 0 spiro atoms. The normalized spacial score (nSPS) is 36.5. The van der Waals surface area contributed by atoms with Crippen LogP contribution in [0.2, 0.25) is 0 Å². The molecule has 68 valence electrons. The quantitative estimate of drug-likeness (QED) is 0.457. The molecule has 0 unspecified atom stereocenters. The molecular formula is C7H9ClO4. The van der Waals surface area contributed by atoms with E-state index in [0.29, 0.717) is 0 Å². The second-order valence-electron chi connectivity index (χ2n) is 2.60. The van der Waals surface area contributed by atoms with Gasteiger partial charge in [-0.1, -0.05) is 0 Å². The molecule has 0 aliphatic heterocycles. The highest BCUT2D eigenvalue weighted by Crippen LogP contribution is 2.20. The molecule has 0 fully saturated rings. The largest absolute Gasteiger partial charge is 0.392 e. The van der Waals surface area contributed by atoms with Gasteiger partial charge in [-0.05, 0) is 6.08 Å². The number of hydrogen-bond donors (Lipinski definition) is 3. The van der Waals surface area contributed by atoms with Gasteiger partial charge >= 0.3 is 0 Å². The summed E-state index contributed by atoms with van der Waals surface area (Å²) in [6.45, 7) is -0.466. The first-order valence-corrected chi connectivity index (χ1v) is 3.87. The fraction of sp³-hybridized carbons (Fsp3) is 0.571. The van der Waals surface area contributed by atoms with Crippen LogP contribution in [0, 0.1) is 0 Å². The van der Waals surface area contributed by atoms with Gasteiger partial charge in [0.1, 0.15) is 17.6 Å². The number of ketones is 1. The molecule has 1 rings (SSSR count). The molecule has 5 heteroatoms. The Morgan fingerprint density at radius 3 is 2.58 bits per heavy atom. The highest BCUT2D eigenvalue weighted by molar-refractivity contribution is 6.34. The van der Waals surface area contributed by atoms with Crippen molar-refractivity contribution in [2.24, 2.45) is 0 Å². The smallest absolute Gasteiger partial charge is 0.181 e. The van der Waals surface area contributed by atoms with Gasteiger partial charge in [0.25, 0.3) is 0 Å². The molecule has 12 heavy (non-hydrogen) atoms. The number of hydrogen-bond acceptors (Lipinski definition) is 4. The van der Waals surface area contributed by atoms with Crippen LogP contribution < -0.4 is 0 Å². The number of aliphatic hydroxyl groups is 3. The van der Waals surface area contributed by atoms with Crippen LogP contribution in [0.1, 0.15) is 0 Å². The summed E-state index contributed by atoms with van der Waals surface area (Å²) >= 11 is 5.47. The zero-order chi connectivity index (χ0) is 9.30. The van der Waals surface area contributed by atoms with E-state index in [-0.39, 0.29) is 5.57 Å². The number of halogens is 1. The Kier molecular flexibility index (Phi) is 2.85. The minimum Gasteiger partial charge on any atom is -0.392 e. The third-order valence-corrected chi connectivity index (χ3v) is 2.22. The molecule has 0 saturated heterocycles. The van der Waals surface area contributed by atoms with Gasteiger partial charge in [0.05, 0.1) is 6.61 Å². The molecule has 4 nitrogen and oxygen atoms in total. The first kappa shape index (κ1) is 9.67. The van der Waals surface area contributed by atoms with E-state index in [0.717, 1.165) is 6.08 Å². The van der Waals surface area contributed by atoms with Crippen molar-refractivity contribution in [3.05, 3.63) is 11.6 Å². The Labute approximate surface area is 74.1 Å². The van der Waals surface area contributed by atoms with E-state index in [1.807, 2.05) is 0 Å². The van der Waals surface area contributed by atoms with Crippen LogP contribution >= 0.6 is 11.6 Å². The lowest BCUT2D eigenvalue weighted by Crippen LogP contribution is -2.43. The molecule has 3 N–H and O–H groups in total. The molecule has 0 radical (unpaired) electrons. The first-order valence-electron chi connectivity index (χ1n) is 3.44. The van der Waals surface area contributed by atoms with Crippen molar-refractivity contribution in [3.8, 4) is 0 Å². The van der Waals surface area contributed by atoms with Gasteiger partial charge in [0.15, 0.2) is 5.78 Å². The van der Waals surface area contributed by atoms with Crippen molar-refractivity contribution in [1.82, 2.24) is 0 Å². The van der Waals surface area contributed by atoms with Crippen LogP contribution in [0.4, 0.5) is 0 Å². The lowest BCUT2D eigenvalue weighted by atomic mass is 9.94. The first-order chi connectivity index (χ1) is 5.57. The van der Waals surface area contributed by atoms with Gasteiger partial charge < -0.3 is 15.3 Å². The van der Waals surface area contributed by atoms with E-state index < -0.39 is 30.0 Å². The number of alkyl halides is 1. The highest BCUT2D eigenvalue weighted by atomic mass is 35.5. The summed E-state index contributed by atoms with van der Waals surface area (Å²) in [4.78, 5) is 11.1. The Bertz CT molecular complexity index is 225. The van der Waals surface area contributed by atoms with Gasteiger partial charge in [-0.15, -0.1) is 11.6 Å². The zero-order valence-electron chi connectivity index (χ0n) is 6.14. The predicted octanol–water partition coefficient (Wildman–Crippen LogP) is -1.18. The standard InChI is InChI=1S/C7H9ClO4/c8-5-6(11)3(2-9)1-4(10)7(5)12/h1,4-5,7,9-10,12H,2H2/t4-,5+,7-/m1/s1. The van der Waals surface area contributed by atoms with Crippen molar-refractivity contribution in [1.29, 1.82) is 0 Å². The molecule has 1 aliphatic rings. The van der Waals surface area contributed by atoms with E-state index in [4.69, 9.17) is 26.9 Å². The summed E-state index contributed by atoms with van der Waals surface area (Å²) in [5.74, 6) is -0.531. The fourth-order valence-corrected chi connectivity index (χ4v) is 1.31. The van der Waals surface area contributed by atoms with E-state index in [2.05, 4.69) is 0 Å². The summed E-state index contributed by atoms with van der Waals surface area (Å²) in [6, 6.07) is 0. The van der Waals surface area contributed by atoms with Gasteiger partial charge in [0.2, 0.25) is 0 Å². The molecule has 0 bridgehead atoms. The summed E-state index contributed by atoms with van der Waals surface area (Å²) in [5, 5.41) is 25.7. The highest BCUT2D eigenvalue weighted by Gasteiger charge is 2.35. The third kappa shape index (κ3) is 1.51. The number of rotatable bonds is 1. The lowest BCUT2D eigenvalue weighted by Gasteiger charge is -2.25. The number of Topliss-reactive ketones (excluding diaryl/α,β-unsaturated/α-hetero) is 1. The van der Waals surface area contributed by atoms with Crippen LogP contribution in [0.5, 0.6) is 0 Å². The fourth-order valence-electron chi connectivity index (χ4n) is 1.02. The molecule has 0 saturated carbocycles. The zero-order valence-corrected chi connectivity index (χ0v) is 6.90. The van der Waals surface area contributed by atoms with Crippen molar-refractivity contribution >= 4 is 17.4 Å². The number of carbonyl (C=O) groups excluding carboxylic acids is 1. The van der Waals surface area contributed by atoms with Crippen LogP contribution in [-0.2, 0) is 4.79 Å². The van der Waals surface area contributed by atoms with E-state index in [1.54, 1.807) is 0 Å². The SMILES string of the molecule is O=C1C(CO)=C[C@@H](O)[C@@H](O)[C@H]1Cl. The number of aliphatic hydroxyl groups excluding tert-OH is 3. The van der Waals surface area contributed by atoms with Crippen LogP contribution in [0.25, 0.3) is 0 Å². The van der Waals surface area contributed by atoms with Crippen molar-refractivity contribution < 1.29 is 20.1 Å². The van der Waals surface area contributed by atoms with Gasteiger partial charge in [-0.3, -0.25) is 4.79 Å². The van der Waals surface area contributed by atoms with E-state index in [1.165, 1.54) is 0 Å². The monoisotopic (exact) mass is 192 g/mol. The Balaban J connectivity index is 2.92. The van der Waals surface area contributed by atoms with Crippen molar-refractivity contribution in [2.45, 2.75) is 17.6 Å². The number of carbonyl (C=O) groups is 1. The minimum atomic E-state index is -1.28. The maximum atomic E-state index is 11.1. The molecule has 0 heterocycles. The topological polar surface area (TPSA) is 77.8 Å². The van der Waals surface area contributed by atoms with Gasteiger partial charge in [-0.25, -0.2) is 0 Å².